The lowest BCUT2D eigenvalue weighted by Crippen LogP contribution is -2.06. The minimum absolute atomic E-state index is 0.101. The van der Waals surface area contributed by atoms with E-state index in [-0.39, 0.29) is 11.4 Å². The molecule has 1 N–H and O–H groups in total. The summed E-state index contributed by atoms with van der Waals surface area (Å²) in [5, 5.41) is 8.92. The van der Waals surface area contributed by atoms with E-state index in [4.69, 9.17) is 9.84 Å². The summed E-state index contributed by atoms with van der Waals surface area (Å²) in [6.45, 7) is 5.84. The molecule has 0 aromatic carbocycles. The Balaban J connectivity index is 2.72. The van der Waals surface area contributed by atoms with E-state index in [1.807, 2.05) is 0 Å². The van der Waals surface area contributed by atoms with Crippen molar-refractivity contribution < 1.29 is 14.6 Å². The average Bonchev–Trinajstić information content (AvgIpc) is 2.24. The van der Waals surface area contributed by atoms with Crippen LogP contribution in [0.5, 0.6) is 5.88 Å². The molecule has 0 spiro atoms. The van der Waals surface area contributed by atoms with Crippen LogP contribution in [0.25, 0.3) is 0 Å². The van der Waals surface area contributed by atoms with Crippen LogP contribution >= 0.6 is 0 Å². The second-order valence-corrected chi connectivity index (χ2v) is 3.39. The highest BCUT2D eigenvalue weighted by Gasteiger charge is 2.12. The molecule has 16 heavy (non-hydrogen) atoms. The Morgan fingerprint density at radius 2 is 2.38 bits per heavy atom. The van der Waals surface area contributed by atoms with Gasteiger partial charge in [-0.15, -0.1) is 6.58 Å². The summed E-state index contributed by atoms with van der Waals surface area (Å²) in [6.07, 6.45) is 3.44. The molecule has 0 bridgehead atoms. The van der Waals surface area contributed by atoms with Crippen LogP contribution in [-0.2, 0) is 0 Å². The third-order valence-electron chi connectivity index (χ3n) is 2.02. The maximum atomic E-state index is 10.9. The molecule has 0 atom stereocenters. The number of carboxylic acids is 1. The van der Waals surface area contributed by atoms with Gasteiger partial charge in [-0.3, -0.25) is 0 Å². The zero-order chi connectivity index (χ0) is 12.0. The number of nitrogens with zero attached hydrogens (tertiary/aromatic N) is 1. The van der Waals surface area contributed by atoms with Gasteiger partial charge in [0, 0.05) is 5.69 Å². The number of hydrogen-bond acceptors (Lipinski definition) is 3. The Hall–Kier alpha value is -1.84. The van der Waals surface area contributed by atoms with Crippen molar-refractivity contribution in [3.05, 3.63) is 36.0 Å². The monoisotopic (exact) mass is 221 g/mol. The molecule has 1 heterocycles. The third-order valence-corrected chi connectivity index (χ3v) is 2.02. The number of aromatic carboxylic acids is 1. The maximum absolute atomic E-state index is 10.9. The number of rotatable bonds is 6. The largest absolute Gasteiger partial charge is 0.477 e. The topological polar surface area (TPSA) is 59.4 Å². The van der Waals surface area contributed by atoms with Crippen molar-refractivity contribution in [1.82, 2.24) is 4.98 Å². The highest BCUT2D eigenvalue weighted by molar-refractivity contribution is 5.90. The number of pyridine rings is 1. The molecule has 0 radical (unpaired) electrons. The zero-order valence-corrected chi connectivity index (χ0v) is 9.27. The molecule has 0 aliphatic heterocycles. The fraction of sp³-hybridized carbons (Fsp3) is 0.333. The Bertz CT molecular complexity index is 388. The van der Waals surface area contributed by atoms with Gasteiger partial charge >= 0.3 is 5.97 Å². The molecule has 0 saturated heterocycles. The molecule has 0 fully saturated rings. The molecular formula is C12H15NO3. The van der Waals surface area contributed by atoms with Crippen LogP contribution < -0.4 is 4.74 Å². The summed E-state index contributed by atoms with van der Waals surface area (Å²) in [5.74, 6) is -0.831. The Labute approximate surface area is 94.6 Å². The van der Waals surface area contributed by atoms with E-state index in [0.29, 0.717) is 6.61 Å². The van der Waals surface area contributed by atoms with Gasteiger partial charge < -0.3 is 9.84 Å². The van der Waals surface area contributed by atoms with Crippen molar-refractivity contribution >= 4 is 5.97 Å². The lowest BCUT2D eigenvalue weighted by atomic mass is 10.2. The fourth-order valence-electron chi connectivity index (χ4n) is 1.20. The quantitative estimate of drug-likeness (QED) is 0.592. The summed E-state index contributed by atoms with van der Waals surface area (Å²) in [7, 11) is 0. The van der Waals surface area contributed by atoms with Gasteiger partial charge in [-0.25, -0.2) is 9.78 Å². The van der Waals surface area contributed by atoms with Gasteiger partial charge in [0.1, 0.15) is 5.56 Å². The second-order valence-electron chi connectivity index (χ2n) is 3.39. The Morgan fingerprint density at radius 3 is 3.00 bits per heavy atom. The van der Waals surface area contributed by atoms with Gasteiger partial charge in [0.05, 0.1) is 6.61 Å². The number of aromatic nitrogens is 1. The van der Waals surface area contributed by atoms with Crippen LogP contribution in [0.1, 0.15) is 28.9 Å². The summed E-state index contributed by atoms with van der Waals surface area (Å²) in [4.78, 5) is 14.9. The average molecular weight is 221 g/mol. The molecule has 1 aromatic heterocycles. The summed E-state index contributed by atoms with van der Waals surface area (Å²) in [6, 6.07) is 3.16. The molecule has 0 saturated carbocycles. The summed E-state index contributed by atoms with van der Waals surface area (Å²) in [5.41, 5.74) is 0.841. The Kier molecular flexibility index (Phi) is 4.51. The first-order valence-electron chi connectivity index (χ1n) is 5.09. The smallest absolute Gasteiger partial charge is 0.341 e. The summed E-state index contributed by atoms with van der Waals surface area (Å²) >= 11 is 0. The van der Waals surface area contributed by atoms with Crippen molar-refractivity contribution in [1.29, 1.82) is 0 Å². The highest BCUT2D eigenvalue weighted by atomic mass is 16.5. The minimum atomic E-state index is -1.02. The van der Waals surface area contributed by atoms with Crippen LogP contribution in [0.3, 0.4) is 0 Å². The predicted molar refractivity (Wildman–Crippen MR) is 60.9 cm³/mol. The molecule has 0 aliphatic rings. The number of aryl methyl sites for hydroxylation is 1. The maximum Gasteiger partial charge on any atom is 0.341 e. The van der Waals surface area contributed by atoms with Gasteiger partial charge in [0.25, 0.3) is 0 Å². The summed E-state index contributed by atoms with van der Waals surface area (Å²) < 4.78 is 5.34. The molecule has 0 amide bonds. The van der Waals surface area contributed by atoms with E-state index in [1.54, 1.807) is 19.1 Å². The van der Waals surface area contributed by atoms with Gasteiger partial charge in [-0.2, -0.15) is 0 Å². The van der Waals surface area contributed by atoms with Crippen LogP contribution in [0, 0.1) is 6.92 Å². The zero-order valence-electron chi connectivity index (χ0n) is 9.27. The van der Waals surface area contributed by atoms with Crippen LogP contribution in [0.4, 0.5) is 0 Å². The van der Waals surface area contributed by atoms with Crippen molar-refractivity contribution in [2.75, 3.05) is 6.61 Å². The second kappa shape index (κ2) is 5.90. The van der Waals surface area contributed by atoms with E-state index >= 15 is 0 Å². The van der Waals surface area contributed by atoms with Gasteiger partial charge in [-0.1, -0.05) is 6.08 Å². The van der Waals surface area contributed by atoms with Crippen molar-refractivity contribution in [3.8, 4) is 5.88 Å². The predicted octanol–water partition coefficient (Wildman–Crippen LogP) is 2.43. The van der Waals surface area contributed by atoms with E-state index in [9.17, 15) is 4.79 Å². The number of hydrogen-bond donors (Lipinski definition) is 1. The van der Waals surface area contributed by atoms with Crippen LogP contribution in [0.15, 0.2) is 24.8 Å². The van der Waals surface area contributed by atoms with Crippen LogP contribution in [-0.4, -0.2) is 22.7 Å². The molecule has 0 unspecified atom stereocenters. The third kappa shape index (κ3) is 3.38. The first-order valence-corrected chi connectivity index (χ1v) is 5.09. The van der Waals surface area contributed by atoms with E-state index < -0.39 is 5.97 Å². The van der Waals surface area contributed by atoms with E-state index in [2.05, 4.69) is 11.6 Å². The standard InChI is InChI=1S/C12H15NO3/c1-3-4-5-8-16-11-10(12(14)15)7-6-9(2)13-11/h3,6-7H,1,4-5,8H2,2H3,(H,14,15). The molecule has 1 aromatic rings. The van der Waals surface area contributed by atoms with Gasteiger partial charge in [-0.05, 0) is 31.9 Å². The number of unbranched alkanes of at least 4 members (excludes halogenated alkanes) is 1. The molecule has 1 rings (SSSR count). The lowest BCUT2D eigenvalue weighted by molar-refractivity contribution is 0.0691. The van der Waals surface area contributed by atoms with Crippen molar-refractivity contribution in [2.45, 2.75) is 19.8 Å². The normalized spacial score (nSPS) is 9.81. The molecule has 0 aliphatic carbocycles. The highest BCUT2D eigenvalue weighted by Crippen LogP contribution is 2.16. The molecule has 86 valence electrons. The van der Waals surface area contributed by atoms with Crippen LogP contribution in [0.2, 0.25) is 0 Å². The lowest BCUT2D eigenvalue weighted by Gasteiger charge is -2.07. The molecule has 4 heteroatoms. The van der Waals surface area contributed by atoms with Crippen molar-refractivity contribution in [2.24, 2.45) is 0 Å². The van der Waals surface area contributed by atoms with E-state index in [1.165, 1.54) is 6.07 Å². The Morgan fingerprint density at radius 1 is 1.62 bits per heavy atom. The van der Waals surface area contributed by atoms with E-state index in [0.717, 1.165) is 18.5 Å². The van der Waals surface area contributed by atoms with Gasteiger partial charge in [0.2, 0.25) is 5.88 Å². The fourth-order valence-corrected chi connectivity index (χ4v) is 1.20. The number of carbonyl (C=O) groups is 1. The minimum Gasteiger partial charge on any atom is -0.477 e. The first kappa shape index (κ1) is 12.2. The van der Waals surface area contributed by atoms with Crippen molar-refractivity contribution in [3.63, 3.8) is 0 Å². The molecule has 4 nitrogen and oxygen atoms in total. The number of allylic oxidation sites excluding steroid dienone is 1. The first-order chi connectivity index (χ1) is 7.65. The number of ether oxygens (including phenoxy) is 1. The van der Waals surface area contributed by atoms with Gasteiger partial charge in [0.15, 0.2) is 0 Å². The number of carboxylic acid groups (broad SMARTS) is 1. The molecular weight excluding hydrogens is 206 g/mol. The SMILES string of the molecule is C=CCCCOc1nc(C)ccc1C(=O)O.